The molecule has 5 rings (SSSR count). The van der Waals surface area contributed by atoms with Crippen molar-refractivity contribution in [1.29, 1.82) is 0 Å². The first-order valence-corrected chi connectivity index (χ1v) is 11.2. The number of aromatic nitrogens is 4. The van der Waals surface area contributed by atoms with Crippen molar-refractivity contribution >= 4 is 51.6 Å². The van der Waals surface area contributed by atoms with E-state index in [0.717, 1.165) is 6.07 Å². The average Bonchev–Trinajstić information content (AvgIpc) is 3.28. The van der Waals surface area contributed by atoms with Crippen molar-refractivity contribution in [3.63, 3.8) is 0 Å². The lowest BCUT2D eigenvalue weighted by Gasteiger charge is -2.40. The number of aromatic carboxylic acids is 1. The van der Waals surface area contributed by atoms with Gasteiger partial charge in [0.15, 0.2) is 22.4 Å². The predicted octanol–water partition coefficient (Wildman–Crippen LogP) is 3.28. The Balaban J connectivity index is 1.43. The Kier molecular flexibility index (Phi) is 5.43. The SMILES string of the molecule is O=C(O)c1cn(-c2nccs2)c2nc(N3CC(CNc4cc(Cl)ccn4)C3)c(F)cc2c1=O. The van der Waals surface area contributed by atoms with E-state index in [1.807, 2.05) is 0 Å². The normalized spacial score (nSPS) is 13.8. The highest BCUT2D eigenvalue weighted by atomic mass is 35.5. The van der Waals surface area contributed by atoms with Crippen molar-refractivity contribution in [2.75, 3.05) is 29.9 Å². The fraction of sp³-hybridized carbons (Fsp3) is 0.190. The predicted molar refractivity (Wildman–Crippen MR) is 123 cm³/mol. The van der Waals surface area contributed by atoms with Crippen LogP contribution in [0.25, 0.3) is 16.2 Å². The van der Waals surface area contributed by atoms with Crippen molar-refractivity contribution in [2.45, 2.75) is 0 Å². The summed E-state index contributed by atoms with van der Waals surface area (Å²) in [6, 6.07) is 4.47. The molecule has 0 bridgehead atoms. The minimum Gasteiger partial charge on any atom is -0.477 e. The number of carbonyl (C=O) groups is 1. The van der Waals surface area contributed by atoms with Crippen LogP contribution in [0, 0.1) is 11.7 Å². The summed E-state index contributed by atoms with van der Waals surface area (Å²) >= 11 is 7.21. The maximum absolute atomic E-state index is 14.9. The zero-order valence-corrected chi connectivity index (χ0v) is 18.5. The van der Waals surface area contributed by atoms with Crippen LogP contribution in [0.4, 0.5) is 16.0 Å². The molecule has 4 aromatic heterocycles. The van der Waals surface area contributed by atoms with Gasteiger partial charge in [-0.05, 0) is 18.2 Å². The maximum Gasteiger partial charge on any atom is 0.341 e. The first kappa shape index (κ1) is 21.3. The van der Waals surface area contributed by atoms with Gasteiger partial charge in [-0.15, -0.1) is 11.3 Å². The summed E-state index contributed by atoms with van der Waals surface area (Å²) in [5.41, 5.74) is -1.11. The zero-order chi connectivity index (χ0) is 23.1. The van der Waals surface area contributed by atoms with E-state index in [4.69, 9.17) is 11.6 Å². The smallest absolute Gasteiger partial charge is 0.341 e. The quantitative estimate of drug-likeness (QED) is 0.427. The van der Waals surface area contributed by atoms with Crippen molar-refractivity contribution < 1.29 is 14.3 Å². The van der Waals surface area contributed by atoms with Crippen LogP contribution in [0.5, 0.6) is 0 Å². The molecule has 0 spiro atoms. The molecule has 5 heterocycles. The minimum absolute atomic E-state index is 0.104. The molecule has 0 aliphatic carbocycles. The molecule has 0 atom stereocenters. The molecule has 4 aromatic rings. The second-order valence-electron chi connectivity index (χ2n) is 7.54. The number of carboxylic acids is 1. The van der Waals surface area contributed by atoms with E-state index in [1.54, 1.807) is 34.8 Å². The third-order valence-corrected chi connectivity index (χ3v) is 6.33. The highest BCUT2D eigenvalue weighted by Gasteiger charge is 2.31. The number of nitrogens with zero attached hydrogens (tertiary/aromatic N) is 5. The van der Waals surface area contributed by atoms with E-state index in [2.05, 4.69) is 20.3 Å². The number of thiazole rings is 1. The lowest BCUT2D eigenvalue weighted by molar-refractivity contribution is 0.0695. The Morgan fingerprint density at radius 3 is 2.82 bits per heavy atom. The molecule has 0 saturated carbocycles. The van der Waals surface area contributed by atoms with Gasteiger partial charge in [-0.3, -0.25) is 9.36 Å². The molecule has 33 heavy (non-hydrogen) atoms. The standard InChI is InChI=1S/C21H16ClFN6O3S/c22-12-1-2-24-16(5-12)26-7-11-8-28(9-11)19-15(23)6-13-17(30)14(20(31)32)10-29(18(13)27-19)21-25-3-4-33-21/h1-6,10-11H,7-9H2,(H,24,26)(H,31,32). The highest BCUT2D eigenvalue weighted by Crippen LogP contribution is 2.29. The minimum atomic E-state index is -1.40. The van der Waals surface area contributed by atoms with E-state index in [9.17, 15) is 19.1 Å². The molecule has 2 N–H and O–H groups in total. The van der Waals surface area contributed by atoms with Crippen molar-refractivity contribution in [3.05, 3.63) is 68.8 Å². The molecule has 1 saturated heterocycles. The molecule has 0 amide bonds. The Morgan fingerprint density at radius 2 is 2.12 bits per heavy atom. The fourth-order valence-corrected chi connectivity index (χ4v) is 4.47. The summed E-state index contributed by atoms with van der Waals surface area (Å²) < 4.78 is 16.4. The van der Waals surface area contributed by atoms with Crippen LogP contribution < -0.4 is 15.6 Å². The van der Waals surface area contributed by atoms with Crippen LogP contribution in [0.2, 0.25) is 5.02 Å². The van der Waals surface area contributed by atoms with E-state index in [1.165, 1.54) is 22.1 Å². The molecule has 0 radical (unpaired) electrons. The number of hydrogen-bond acceptors (Lipinski definition) is 8. The maximum atomic E-state index is 14.9. The molecular formula is C21H16ClFN6O3S. The third-order valence-electron chi connectivity index (χ3n) is 5.32. The first-order chi connectivity index (χ1) is 15.9. The van der Waals surface area contributed by atoms with Crippen LogP contribution in [0.3, 0.4) is 0 Å². The Labute approximate surface area is 195 Å². The highest BCUT2D eigenvalue weighted by molar-refractivity contribution is 7.12. The van der Waals surface area contributed by atoms with Gasteiger partial charge in [0, 0.05) is 54.5 Å². The summed E-state index contributed by atoms with van der Waals surface area (Å²) in [7, 11) is 0. The monoisotopic (exact) mass is 486 g/mol. The van der Waals surface area contributed by atoms with Crippen LogP contribution in [-0.2, 0) is 0 Å². The summed E-state index contributed by atoms with van der Waals surface area (Å²) in [5.74, 6) is -1.08. The zero-order valence-electron chi connectivity index (χ0n) is 16.9. The van der Waals surface area contributed by atoms with Gasteiger partial charge in [-0.1, -0.05) is 11.6 Å². The molecule has 12 heteroatoms. The van der Waals surface area contributed by atoms with Gasteiger partial charge in [0.2, 0.25) is 5.43 Å². The molecule has 1 fully saturated rings. The van der Waals surface area contributed by atoms with Crippen molar-refractivity contribution in [3.8, 4) is 5.13 Å². The number of hydrogen-bond donors (Lipinski definition) is 2. The van der Waals surface area contributed by atoms with Gasteiger partial charge in [-0.2, -0.15) is 0 Å². The van der Waals surface area contributed by atoms with Gasteiger partial charge in [0.1, 0.15) is 11.4 Å². The second-order valence-corrected chi connectivity index (χ2v) is 8.85. The first-order valence-electron chi connectivity index (χ1n) is 9.90. The summed E-state index contributed by atoms with van der Waals surface area (Å²) in [6.07, 6.45) is 4.35. The van der Waals surface area contributed by atoms with Crippen LogP contribution in [0.1, 0.15) is 10.4 Å². The number of carboxylic acid groups (broad SMARTS) is 1. The topological polar surface area (TPSA) is 113 Å². The molecule has 1 aliphatic heterocycles. The Morgan fingerprint density at radius 1 is 1.30 bits per heavy atom. The molecule has 0 unspecified atom stereocenters. The molecule has 1 aliphatic rings. The molecule has 0 aromatic carbocycles. The second kappa shape index (κ2) is 8.41. The number of nitrogens with one attached hydrogen (secondary N) is 1. The number of pyridine rings is 3. The van der Waals surface area contributed by atoms with Crippen molar-refractivity contribution in [2.24, 2.45) is 5.92 Å². The van der Waals surface area contributed by atoms with Crippen LogP contribution in [0.15, 0.2) is 47.0 Å². The summed E-state index contributed by atoms with van der Waals surface area (Å²) in [4.78, 5) is 38.8. The van der Waals surface area contributed by atoms with Gasteiger partial charge >= 0.3 is 5.97 Å². The van der Waals surface area contributed by atoms with E-state index >= 15 is 0 Å². The van der Waals surface area contributed by atoms with E-state index in [-0.39, 0.29) is 22.8 Å². The molecule has 9 nitrogen and oxygen atoms in total. The van der Waals surface area contributed by atoms with Gasteiger partial charge in [0.05, 0.1) is 5.39 Å². The molecular weight excluding hydrogens is 471 g/mol. The lowest BCUT2D eigenvalue weighted by atomic mass is 10.00. The summed E-state index contributed by atoms with van der Waals surface area (Å²) in [6.45, 7) is 1.74. The van der Waals surface area contributed by atoms with Crippen LogP contribution in [-0.4, -0.2) is 50.2 Å². The van der Waals surface area contributed by atoms with E-state index < -0.39 is 22.8 Å². The number of anilines is 2. The number of rotatable bonds is 6. The van der Waals surface area contributed by atoms with Gasteiger partial charge in [-0.25, -0.2) is 24.1 Å². The van der Waals surface area contributed by atoms with Gasteiger partial charge in [0.25, 0.3) is 0 Å². The average molecular weight is 487 g/mol. The molecule has 168 valence electrons. The largest absolute Gasteiger partial charge is 0.477 e. The van der Waals surface area contributed by atoms with Gasteiger partial charge < -0.3 is 15.3 Å². The van der Waals surface area contributed by atoms with Crippen molar-refractivity contribution in [1.82, 2.24) is 19.5 Å². The van der Waals surface area contributed by atoms with Crippen LogP contribution >= 0.6 is 22.9 Å². The Bertz CT molecular complexity index is 1420. The summed E-state index contributed by atoms with van der Waals surface area (Å²) in [5, 5.41) is 15.2. The van der Waals surface area contributed by atoms with E-state index in [0.29, 0.717) is 35.6 Å². The number of fused-ring (bicyclic) bond motifs is 1. The Hall–Kier alpha value is -3.57. The lowest BCUT2D eigenvalue weighted by Crippen LogP contribution is -2.50. The fourth-order valence-electron chi connectivity index (χ4n) is 3.69. The third kappa shape index (κ3) is 4.00. The number of halogens is 2.